The molecule has 6 heteroatoms. The third-order valence-electron chi connectivity index (χ3n) is 1.82. The van der Waals surface area contributed by atoms with Gasteiger partial charge in [0.1, 0.15) is 21.9 Å². The van der Waals surface area contributed by atoms with E-state index >= 15 is 0 Å². The average Bonchev–Trinajstić information content (AvgIpc) is 2.40. The molecule has 0 aromatic heterocycles. The van der Waals surface area contributed by atoms with E-state index in [1.54, 1.807) is 0 Å². The molecule has 0 rings (SSSR count). The Bertz CT molecular complexity index is 328. The fraction of sp³-hybridized carbons (Fsp3) is 0.667. The van der Waals surface area contributed by atoms with Crippen LogP contribution in [0.2, 0.25) is 0 Å². The van der Waals surface area contributed by atoms with E-state index in [2.05, 4.69) is 19.6 Å². The van der Waals surface area contributed by atoms with Crippen LogP contribution in [-0.2, 0) is 0 Å². The van der Waals surface area contributed by atoms with Crippen molar-refractivity contribution in [2.45, 2.75) is 19.8 Å². The first-order valence-corrected chi connectivity index (χ1v) is 9.52. The van der Waals surface area contributed by atoms with Crippen LogP contribution in [0.4, 0.5) is 0 Å². The monoisotopic (exact) mass is 318 g/mol. The van der Waals surface area contributed by atoms with E-state index < -0.39 is 0 Å². The zero-order valence-electron chi connectivity index (χ0n) is 10.5. The lowest BCUT2D eigenvalue weighted by Crippen LogP contribution is -1.90. The molecule has 0 radical (unpaired) electrons. The average molecular weight is 319 g/mol. The van der Waals surface area contributed by atoms with E-state index in [0.29, 0.717) is 4.91 Å². The predicted molar refractivity (Wildman–Crippen MR) is 89.3 cm³/mol. The number of nitriles is 2. The summed E-state index contributed by atoms with van der Waals surface area (Å²) >= 11 is 9.36. The summed E-state index contributed by atoms with van der Waals surface area (Å²) in [5.74, 6) is 5.68. The van der Waals surface area contributed by atoms with Gasteiger partial charge in [0.25, 0.3) is 0 Å². The zero-order chi connectivity index (χ0) is 13.6. The maximum absolute atomic E-state index is 8.81. The Hall–Kier alpha value is 0.120. The second-order valence-corrected chi connectivity index (χ2v) is 7.33. The molecule has 0 N–H and O–H groups in total. The predicted octanol–water partition coefficient (Wildman–Crippen LogP) is 4.17. The molecule has 0 aliphatic carbocycles. The zero-order valence-corrected chi connectivity index (χ0v) is 13.9. The molecular formula is C12H18N2S4. The number of hydrogen-bond donors (Lipinski definition) is 1. The number of thiol groups is 1. The summed E-state index contributed by atoms with van der Waals surface area (Å²) in [6, 6.07) is 3.90. The normalized spacial score (nSPS) is 11.6. The van der Waals surface area contributed by atoms with Crippen molar-refractivity contribution in [1.82, 2.24) is 0 Å². The van der Waals surface area contributed by atoms with Gasteiger partial charge in [0.05, 0.1) is 0 Å². The van der Waals surface area contributed by atoms with Gasteiger partial charge in [-0.15, -0.1) is 24.4 Å². The summed E-state index contributed by atoms with van der Waals surface area (Å²) in [6.07, 6.45) is 2.31. The van der Waals surface area contributed by atoms with E-state index in [1.807, 2.05) is 35.7 Å². The van der Waals surface area contributed by atoms with E-state index in [-0.39, 0.29) is 4.91 Å². The van der Waals surface area contributed by atoms with Gasteiger partial charge in [0.2, 0.25) is 0 Å². The molecule has 0 saturated heterocycles. The topological polar surface area (TPSA) is 47.6 Å². The van der Waals surface area contributed by atoms with Crippen LogP contribution in [0.5, 0.6) is 0 Å². The van der Waals surface area contributed by atoms with E-state index in [4.69, 9.17) is 10.5 Å². The van der Waals surface area contributed by atoms with E-state index in [1.165, 1.54) is 35.4 Å². The summed E-state index contributed by atoms with van der Waals surface area (Å²) < 4.78 is 0. The molecule has 0 aromatic carbocycles. The van der Waals surface area contributed by atoms with Crippen molar-refractivity contribution >= 4 is 47.9 Å². The quantitative estimate of drug-likeness (QED) is 0.372. The number of hydrogen-bond acceptors (Lipinski definition) is 6. The third-order valence-corrected chi connectivity index (χ3v) is 5.89. The lowest BCUT2D eigenvalue weighted by Gasteiger charge is -2.02. The van der Waals surface area contributed by atoms with Crippen molar-refractivity contribution in [3.05, 3.63) is 9.81 Å². The smallest absolute Gasteiger partial charge is 0.109 e. The maximum atomic E-state index is 8.81. The van der Waals surface area contributed by atoms with Crippen molar-refractivity contribution in [3.8, 4) is 12.1 Å². The first-order chi connectivity index (χ1) is 8.76. The van der Waals surface area contributed by atoms with Crippen LogP contribution >= 0.6 is 47.9 Å². The Balaban J connectivity index is 3.47. The van der Waals surface area contributed by atoms with Gasteiger partial charge < -0.3 is 0 Å². The van der Waals surface area contributed by atoms with Crippen molar-refractivity contribution in [1.29, 1.82) is 10.5 Å². The van der Waals surface area contributed by atoms with Gasteiger partial charge in [-0.2, -0.15) is 34.0 Å². The third kappa shape index (κ3) is 10.1. The van der Waals surface area contributed by atoms with Crippen LogP contribution in [-0.4, -0.2) is 28.8 Å². The Kier molecular flexibility index (Phi) is 13.6. The standard InChI is InChI=1S/C12H18N2S4/c1-2-4-16-7-8-17-5-3-6-18-12(10-14)11(15)9-13/h15H,2-8H2,1H3/b12-11-. The Morgan fingerprint density at radius 3 is 2.22 bits per heavy atom. The highest BCUT2D eigenvalue weighted by Gasteiger charge is 2.02. The van der Waals surface area contributed by atoms with Crippen molar-refractivity contribution in [3.63, 3.8) is 0 Å². The Morgan fingerprint density at radius 1 is 1.00 bits per heavy atom. The summed E-state index contributed by atoms with van der Waals surface area (Å²) in [7, 11) is 0. The highest BCUT2D eigenvalue weighted by Crippen LogP contribution is 2.22. The van der Waals surface area contributed by atoms with Gasteiger partial charge in [-0.05, 0) is 30.1 Å². The largest absolute Gasteiger partial charge is 0.192 e. The molecule has 0 heterocycles. The van der Waals surface area contributed by atoms with E-state index in [0.717, 1.165) is 17.9 Å². The van der Waals surface area contributed by atoms with Gasteiger partial charge in [0.15, 0.2) is 0 Å². The number of thioether (sulfide) groups is 3. The molecular weight excluding hydrogens is 300 g/mol. The summed E-state index contributed by atoms with van der Waals surface area (Å²) in [6.45, 7) is 2.20. The molecule has 0 fully saturated rings. The van der Waals surface area contributed by atoms with Crippen molar-refractivity contribution in [2.24, 2.45) is 0 Å². The summed E-state index contributed by atoms with van der Waals surface area (Å²) in [5, 5.41) is 17.4. The molecule has 100 valence electrons. The lowest BCUT2D eigenvalue weighted by molar-refractivity contribution is 1.10. The van der Waals surface area contributed by atoms with Gasteiger partial charge in [-0.1, -0.05) is 6.92 Å². The van der Waals surface area contributed by atoms with Crippen LogP contribution < -0.4 is 0 Å². The fourth-order valence-corrected chi connectivity index (χ4v) is 4.16. The van der Waals surface area contributed by atoms with Gasteiger partial charge >= 0.3 is 0 Å². The minimum absolute atomic E-state index is 0.228. The SMILES string of the molecule is CCCSCCSCCCS/C(C#N)=C(\S)C#N. The number of nitrogens with zero attached hydrogens (tertiary/aromatic N) is 2. The molecule has 18 heavy (non-hydrogen) atoms. The minimum atomic E-state index is 0.228. The molecule has 0 unspecified atom stereocenters. The maximum Gasteiger partial charge on any atom is 0.109 e. The Labute approximate surface area is 128 Å². The number of rotatable bonds is 10. The van der Waals surface area contributed by atoms with Crippen LogP contribution in [0, 0.1) is 22.7 Å². The van der Waals surface area contributed by atoms with Gasteiger partial charge in [-0.25, -0.2) is 0 Å². The summed E-state index contributed by atoms with van der Waals surface area (Å²) in [5.41, 5.74) is 0. The molecule has 0 spiro atoms. The second kappa shape index (κ2) is 13.5. The van der Waals surface area contributed by atoms with Crippen LogP contribution in [0.25, 0.3) is 0 Å². The highest BCUT2D eigenvalue weighted by molar-refractivity contribution is 8.04. The Morgan fingerprint density at radius 2 is 1.67 bits per heavy atom. The molecule has 0 aromatic rings. The fourth-order valence-electron chi connectivity index (χ4n) is 1.01. The van der Waals surface area contributed by atoms with Crippen LogP contribution in [0.3, 0.4) is 0 Å². The minimum Gasteiger partial charge on any atom is -0.192 e. The van der Waals surface area contributed by atoms with Crippen LogP contribution in [0.1, 0.15) is 19.8 Å². The molecule has 0 aliphatic rings. The van der Waals surface area contributed by atoms with Crippen molar-refractivity contribution < 1.29 is 0 Å². The van der Waals surface area contributed by atoms with Gasteiger partial charge in [0, 0.05) is 11.5 Å². The summed E-state index contributed by atoms with van der Waals surface area (Å²) in [4.78, 5) is 0.662. The molecule has 0 bridgehead atoms. The second-order valence-electron chi connectivity index (χ2n) is 3.33. The first-order valence-electron chi connectivity index (χ1n) is 5.78. The van der Waals surface area contributed by atoms with Crippen LogP contribution in [0.15, 0.2) is 9.81 Å². The lowest BCUT2D eigenvalue weighted by atomic mass is 10.5. The molecule has 0 aliphatic heterocycles. The molecule has 0 atom stereocenters. The number of allylic oxidation sites excluding steroid dienone is 2. The first kappa shape index (κ1) is 18.1. The van der Waals surface area contributed by atoms with Gasteiger partial charge in [-0.3, -0.25) is 0 Å². The molecule has 0 saturated carbocycles. The highest BCUT2D eigenvalue weighted by atomic mass is 32.2. The van der Waals surface area contributed by atoms with E-state index in [9.17, 15) is 0 Å². The molecule has 0 amide bonds. The van der Waals surface area contributed by atoms with Crippen molar-refractivity contribution in [2.75, 3.05) is 28.8 Å². The molecule has 2 nitrogen and oxygen atoms in total.